The van der Waals surface area contributed by atoms with E-state index in [0.29, 0.717) is 12.3 Å². The standard InChI is InChI=1S/C15H14ClFN2O2/c1-2-7-21-12-5-3-11(4-6-12)19-15(20)13-8-10(17)9-18-14(13)16/h3-6,8-9H,2,7H2,1H3,(H,19,20). The fraction of sp³-hybridized carbons (Fsp3) is 0.200. The summed E-state index contributed by atoms with van der Waals surface area (Å²) in [7, 11) is 0. The first-order valence-electron chi connectivity index (χ1n) is 6.45. The van der Waals surface area contributed by atoms with Crippen LogP contribution in [0.15, 0.2) is 36.5 Å². The summed E-state index contributed by atoms with van der Waals surface area (Å²) in [6, 6.07) is 7.93. The van der Waals surface area contributed by atoms with E-state index in [0.717, 1.165) is 24.4 Å². The molecule has 4 nitrogen and oxygen atoms in total. The minimum Gasteiger partial charge on any atom is -0.494 e. The number of nitrogens with one attached hydrogen (secondary N) is 1. The van der Waals surface area contributed by atoms with Gasteiger partial charge in [0.05, 0.1) is 18.4 Å². The van der Waals surface area contributed by atoms with E-state index in [2.05, 4.69) is 10.3 Å². The van der Waals surface area contributed by atoms with Crippen LogP contribution in [0, 0.1) is 5.82 Å². The maximum atomic E-state index is 13.1. The molecule has 0 saturated carbocycles. The summed E-state index contributed by atoms with van der Waals surface area (Å²) in [5, 5.41) is 2.58. The van der Waals surface area contributed by atoms with Crippen LogP contribution >= 0.6 is 11.6 Å². The second kappa shape index (κ2) is 7.04. The predicted molar refractivity (Wildman–Crippen MR) is 79.4 cm³/mol. The molecule has 0 bridgehead atoms. The van der Waals surface area contributed by atoms with Crippen LogP contribution in [0.1, 0.15) is 23.7 Å². The Hall–Kier alpha value is -2.14. The fourth-order valence-electron chi connectivity index (χ4n) is 1.63. The molecule has 1 aromatic carbocycles. The molecule has 0 radical (unpaired) electrons. The molecule has 0 fully saturated rings. The van der Waals surface area contributed by atoms with E-state index in [1.807, 2.05) is 6.92 Å². The van der Waals surface area contributed by atoms with E-state index in [1.54, 1.807) is 24.3 Å². The van der Waals surface area contributed by atoms with Gasteiger partial charge in [0, 0.05) is 5.69 Å². The monoisotopic (exact) mass is 308 g/mol. The highest BCUT2D eigenvalue weighted by atomic mass is 35.5. The van der Waals surface area contributed by atoms with Gasteiger partial charge >= 0.3 is 0 Å². The average molecular weight is 309 g/mol. The molecule has 0 aliphatic rings. The van der Waals surface area contributed by atoms with Gasteiger partial charge in [0.2, 0.25) is 0 Å². The van der Waals surface area contributed by atoms with E-state index in [9.17, 15) is 9.18 Å². The molecular formula is C15H14ClFN2O2. The molecule has 0 saturated heterocycles. The van der Waals surface area contributed by atoms with Gasteiger partial charge in [-0.25, -0.2) is 9.37 Å². The molecule has 0 aliphatic carbocycles. The van der Waals surface area contributed by atoms with Crippen molar-refractivity contribution in [3.05, 3.63) is 53.1 Å². The lowest BCUT2D eigenvalue weighted by atomic mass is 10.2. The summed E-state index contributed by atoms with van der Waals surface area (Å²) < 4.78 is 18.5. The van der Waals surface area contributed by atoms with E-state index in [4.69, 9.17) is 16.3 Å². The molecule has 6 heteroatoms. The van der Waals surface area contributed by atoms with Crippen molar-refractivity contribution in [2.24, 2.45) is 0 Å². The molecule has 2 aromatic rings. The number of aromatic nitrogens is 1. The molecule has 0 atom stereocenters. The average Bonchev–Trinajstić information content (AvgIpc) is 2.49. The van der Waals surface area contributed by atoms with Crippen LogP contribution in [-0.2, 0) is 0 Å². The number of ether oxygens (including phenoxy) is 1. The molecule has 1 N–H and O–H groups in total. The number of hydrogen-bond donors (Lipinski definition) is 1. The number of rotatable bonds is 5. The number of hydrogen-bond acceptors (Lipinski definition) is 3. The van der Waals surface area contributed by atoms with Gasteiger partial charge < -0.3 is 10.1 Å². The van der Waals surface area contributed by atoms with Crippen LogP contribution in [0.25, 0.3) is 0 Å². The van der Waals surface area contributed by atoms with Crippen molar-refractivity contribution in [2.45, 2.75) is 13.3 Å². The van der Waals surface area contributed by atoms with E-state index in [-0.39, 0.29) is 10.7 Å². The van der Waals surface area contributed by atoms with Crippen LogP contribution in [0.2, 0.25) is 5.15 Å². The number of carbonyl (C=O) groups is 1. The van der Waals surface area contributed by atoms with Gasteiger partial charge in [-0.2, -0.15) is 0 Å². The van der Waals surface area contributed by atoms with Crippen molar-refractivity contribution in [2.75, 3.05) is 11.9 Å². The lowest BCUT2D eigenvalue weighted by Gasteiger charge is -2.08. The molecule has 1 aromatic heterocycles. The van der Waals surface area contributed by atoms with E-state index in [1.165, 1.54) is 0 Å². The molecule has 0 spiro atoms. The lowest BCUT2D eigenvalue weighted by molar-refractivity contribution is 0.102. The van der Waals surface area contributed by atoms with Crippen molar-refractivity contribution in [3.8, 4) is 5.75 Å². The molecule has 2 rings (SSSR count). The highest BCUT2D eigenvalue weighted by Gasteiger charge is 2.13. The lowest BCUT2D eigenvalue weighted by Crippen LogP contribution is -2.13. The third-order valence-corrected chi connectivity index (χ3v) is 2.94. The Morgan fingerprint density at radius 2 is 2.10 bits per heavy atom. The summed E-state index contributed by atoms with van der Waals surface area (Å²) in [6.45, 7) is 2.65. The SMILES string of the molecule is CCCOc1ccc(NC(=O)c2cc(F)cnc2Cl)cc1. The number of amides is 1. The first-order valence-corrected chi connectivity index (χ1v) is 6.83. The number of pyridine rings is 1. The van der Waals surface area contributed by atoms with Crippen LogP contribution in [0.5, 0.6) is 5.75 Å². The number of halogens is 2. The Morgan fingerprint density at radius 1 is 1.38 bits per heavy atom. The van der Waals surface area contributed by atoms with Gasteiger partial charge in [-0.3, -0.25) is 4.79 Å². The number of carbonyl (C=O) groups excluding carboxylic acids is 1. The summed E-state index contributed by atoms with van der Waals surface area (Å²) in [6.07, 6.45) is 1.88. The van der Waals surface area contributed by atoms with Gasteiger partial charge in [0.1, 0.15) is 16.7 Å². The van der Waals surface area contributed by atoms with Crippen LogP contribution in [0.3, 0.4) is 0 Å². The van der Waals surface area contributed by atoms with Gasteiger partial charge in [-0.05, 0) is 36.8 Å². The second-order valence-corrected chi connectivity index (χ2v) is 4.68. The maximum absolute atomic E-state index is 13.1. The summed E-state index contributed by atoms with van der Waals surface area (Å²) >= 11 is 5.78. The Balaban J connectivity index is 2.07. The molecule has 0 unspecified atom stereocenters. The van der Waals surface area contributed by atoms with E-state index >= 15 is 0 Å². The minimum absolute atomic E-state index is 0.0111. The van der Waals surface area contributed by atoms with Crippen molar-refractivity contribution < 1.29 is 13.9 Å². The number of anilines is 1. The predicted octanol–water partition coefficient (Wildman–Crippen LogP) is 3.92. The topological polar surface area (TPSA) is 51.2 Å². The number of nitrogens with zero attached hydrogens (tertiary/aromatic N) is 1. The van der Waals surface area contributed by atoms with Crippen molar-refractivity contribution in [1.29, 1.82) is 0 Å². The van der Waals surface area contributed by atoms with Crippen molar-refractivity contribution >= 4 is 23.2 Å². The molecular weight excluding hydrogens is 295 g/mol. The van der Waals surface area contributed by atoms with Gasteiger partial charge in [0.25, 0.3) is 5.91 Å². The van der Waals surface area contributed by atoms with Gasteiger partial charge in [-0.1, -0.05) is 18.5 Å². The molecule has 0 aliphatic heterocycles. The quantitative estimate of drug-likeness (QED) is 0.852. The van der Waals surface area contributed by atoms with Gasteiger partial charge in [-0.15, -0.1) is 0 Å². The van der Waals surface area contributed by atoms with Crippen molar-refractivity contribution in [3.63, 3.8) is 0 Å². The van der Waals surface area contributed by atoms with Crippen LogP contribution in [-0.4, -0.2) is 17.5 Å². The maximum Gasteiger partial charge on any atom is 0.258 e. The van der Waals surface area contributed by atoms with Gasteiger partial charge in [0.15, 0.2) is 0 Å². The third-order valence-electron chi connectivity index (χ3n) is 2.64. The Morgan fingerprint density at radius 3 is 2.76 bits per heavy atom. The third kappa shape index (κ3) is 4.16. The van der Waals surface area contributed by atoms with Crippen LogP contribution in [0.4, 0.5) is 10.1 Å². The highest BCUT2D eigenvalue weighted by molar-refractivity contribution is 6.33. The Kier molecular flexibility index (Phi) is 5.11. The number of benzene rings is 1. The molecule has 110 valence electrons. The Labute approximate surface area is 126 Å². The second-order valence-electron chi connectivity index (χ2n) is 4.32. The molecule has 1 amide bonds. The molecule has 1 heterocycles. The summed E-state index contributed by atoms with van der Waals surface area (Å²) in [5.41, 5.74) is 0.548. The highest BCUT2D eigenvalue weighted by Crippen LogP contribution is 2.19. The first-order chi connectivity index (χ1) is 10.1. The smallest absolute Gasteiger partial charge is 0.258 e. The summed E-state index contributed by atoms with van der Waals surface area (Å²) in [4.78, 5) is 15.6. The zero-order chi connectivity index (χ0) is 15.2. The molecule has 21 heavy (non-hydrogen) atoms. The first kappa shape index (κ1) is 15.3. The minimum atomic E-state index is -0.618. The van der Waals surface area contributed by atoms with Crippen LogP contribution < -0.4 is 10.1 Å². The van der Waals surface area contributed by atoms with Crippen molar-refractivity contribution in [1.82, 2.24) is 4.98 Å². The zero-order valence-corrected chi connectivity index (χ0v) is 12.2. The normalized spacial score (nSPS) is 10.2. The Bertz CT molecular complexity index is 632. The van der Waals surface area contributed by atoms with E-state index < -0.39 is 11.7 Å². The summed E-state index contributed by atoms with van der Waals surface area (Å²) in [5.74, 6) is -0.414. The fourth-order valence-corrected chi connectivity index (χ4v) is 1.82. The largest absolute Gasteiger partial charge is 0.494 e. The zero-order valence-electron chi connectivity index (χ0n) is 11.4.